The molecule has 0 saturated heterocycles. The van der Waals surface area contributed by atoms with Crippen LogP contribution in [0.15, 0.2) is 29.1 Å². The predicted molar refractivity (Wildman–Crippen MR) is 63.7 cm³/mol. The smallest absolute Gasteiger partial charge is 0.124 e. The van der Waals surface area contributed by atoms with Crippen molar-refractivity contribution in [1.82, 2.24) is 4.98 Å². The number of hydrogen-bond acceptors (Lipinski definition) is 4. The molecule has 0 fully saturated rings. The van der Waals surface area contributed by atoms with Gasteiger partial charge in [-0.05, 0) is 24.1 Å². The second-order valence-electron chi connectivity index (χ2n) is 3.08. The van der Waals surface area contributed by atoms with Gasteiger partial charge >= 0.3 is 0 Å². The van der Waals surface area contributed by atoms with Gasteiger partial charge in [0, 0.05) is 16.6 Å². The predicted octanol–water partition coefficient (Wildman–Crippen LogP) is 2.00. The zero-order chi connectivity index (χ0) is 11.4. The van der Waals surface area contributed by atoms with E-state index in [-0.39, 0.29) is 0 Å². The van der Waals surface area contributed by atoms with Crippen LogP contribution < -0.4 is 5.73 Å². The second kappa shape index (κ2) is 4.48. The number of rotatable bonds is 0. The molecule has 1 heterocycles. The molecule has 0 aliphatic carbocycles. The highest BCUT2D eigenvalue weighted by Crippen LogP contribution is 2.10. The van der Waals surface area contributed by atoms with E-state index < -0.39 is 0 Å². The van der Waals surface area contributed by atoms with E-state index in [2.05, 4.69) is 16.8 Å². The van der Waals surface area contributed by atoms with Crippen molar-refractivity contribution in [2.75, 3.05) is 5.73 Å². The Bertz CT molecular complexity index is 597. The average Bonchev–Trinajstić information content (AvgIpc) is 2.78. The highest BCUT2D eigenvalue weighted by atomic mass is 32.1. The fourth-order valence-electron chi connectivity index (χ4n) is 1.20. The lowest BCUT2D eigenvalue weighted by molar-refractivity contribution is 1.37. The third-order valence-corrected chi connectivity index (χ3v) is 2.44. The minimum absolute atomic E-state index is 0.516. The molecule has 0 aliphatic heterocycles. The Morgan fingerprint density at radius 1 is 1.19 bits per heavy atom. The molecule has 1 aromatic heterocycles. The van der Waals surface area contributed by atoms with Crippen molar-refractivity contribution in [3.05, 3.63) is 45.9 Å². The van der Waals surface area contributed by atoms with Crippen molar-refractivity contribution in [1.29, 1.82) is 5.26 Å². The van der Waals surface area contributed by atoms with Crippen LogP contribution in [0.1, 0.15) is 16.8 Å². The van der Waals surface area contributed by atoms with Crippen molar-refractivity contribution in [2.24, 2.45) is 0 Å². The molecule has 3 nitrogen and oxygen atoms in total. The van der Waals surface area contributed by atoms with Crippen molar-refractivity contribution < 1.29 is 0 Å². The van der Waals surface area contributed by atoms with Gasteiger partial charge in [0.1, 0.15) is 5.69 Å². The van der Waals surface area contributed by atoms with Crippen LogP contribution >= 0.6 is 11.3 Å². The van der Waals surface area contributed by atoms with Gasteiger partial charge in [-0.3, -0.25) is 0 Å². The molecule has 2 aromatic rings. The molecule has 0 spiro atoms. The van der Waals surface area contributed by atoms with Crippen LogP contribution in [0.4, 0.5) is 5.69 Å². The molecule has 1 aromatic carbocycles. The number of nitrogens with zero attached hydrogens (tertiary/aromatic N) is 2. The first-order valence-corrected chi connectivity index (χ1v) is 5.43. The SMILES string of the molecule is N#Cc1cc(N)cc(C#Cc2cscn2)c1. The Hall–Kier alpha value is -2.30. The molecule has 0 radical (unpaired) electrons. The number of thiazole rings is 1. The van der Waals surface area contributed by atoms with Gasteiger partial charge in [0.15, 0.2) is 0 Å². The molecule has 76 valence electrons. The van der Waals surface area contributed by atoms with E-state index in [0.29, 0.717) is 11.3 Å². The Morgan fingerprint density at radius 2 is 2.00 bits per heavy atom. The zero-order valence-electron chi connectivity index (χ0n) is 8.27. The summed E-state index contributed by atoms with van der Waals surface area (Å²) >= 11 is 1.49. The summed E-state index contributed by atoms with van der Waals surface area (Å²) in [6, 6.07) is 7.10. The fourth-order valence-corrected chi connectivity index (χ4v) is 1.68. The monoisotopic (exact) mass is 225 g/mol. The first-order chi connectivity index (χ1) is 7.78. The van der Waals surface area contributed by atoms with E-state index in [1.165, 1.54) is 11.3 Å². The normalized spacial score (nSPS) is 8.94. The Balaban J connectivity index is 2.35. The molecule has 0 amide bonds. The maximum absolute atomic E-state index is 8.77. The van der Waals surface area contributed by atoms with Crippen LogP contribution in [-0.4, -0.2) is 4.98 Å². The Labute approximate surface area is 97.2 Å². The topological polar surface area (TPSA) is 62.7 Å². The summed E-state index contributed by atoms with van der Waals surface area (Å²) in [5, 5.41) is 10.6. The van der Waals surface area contributed by atoms with Crippen LogP contribution in [0, 0.1) is 23.2 Å². The van der Waals surface area contributed by atoms with Crippen LogP contribution in [0.25, 0.3) is 0 Å². The molecule has 2 N–H and O–H groups in total. The maximum Gasteiger partial charge on any atom is 0.124 e. The third kappa shape index (κ3) is 2.38. The van der Waals surface area contributed by atoms with Crippen LogP contribution in [0.3, 0.4) is 0 Å². The van der Waals surface area contributed by atoms with Crippen molar-refractivity contribution >= 4 is 17.0 Å². The number of anilines is 1. The van der Waals surface area contributed by atoms with Gasteiger partial charge < -0.3 is 5.73 Å². The van der Waals surface area contributed by atoms with Crippen molar-refractivity contribution in [3.63, 3.8) is 0 Å². The summed E-state index contributed by atoms with van der Waals surface area (Å²) in [4.78, 5) is 4.04. The average molecular weight is 225 g/mol. The molecule has 0 atom stereocenters. The van der Waals surface area contributed by atoms with Crippen LogP contribution in [0.5, 0.6) is 0 Å². The van der Waals surface area contributed by atoms with Gasteiger partial charge in [-0.1, -0.05) is 5.92 Å². The van der Waals surface area contributed by atoms with E-state index in [9.17, 15) is 0 Å². The Morgan fingerprint density at radius 3 is 2.69 bits per heavy atom. The van der Waals surface area contributed by atoms with Gasteiger partial charge in [-0.25, -0.2) is 4.98 Å². The van der Waals surface area contributed by atoms with E-state index in [1.807, 2.05) is 11.4 Å². The minimum atomic E-state index is 0.516. The lowest BCUT2D eigenvalue weighted by atomic mass is 10.1. The summed E-state index contributed by atoms with van der Waals surface area (Å²) in [5.41, 5.74) is 9.89. The number of aromatic nitrogens is 1. The number of nitrogen functional groups attached to an aromatic ring is 1. The largest absolute Gasteiger partial charge is 0.399 e. The molecular formula is C12H7N3S. The molecule has 0 aliphatic rings. The first-order valence-electron chi connectivity index (χ1n) is 4.49. The second-order valence-corrected chi connectivity index (χ2v) is 3.80. The van der Waals surface area contributed by atoms with Gasteiger partial charge in [0.05, 0.1) is 17.1 Å². The van der Waals surface area contributed by atoms with Gasteiger partial charge in [0.25, 0.3) is 0 Å². The lowest BCUT2D eigenvalue weighted by Crippen LogP contribution is -1.88. The van der Waals surface area contributed by atoms with E-state index in [1.54, 1.807) is 23.7 Å². The molecule has 0 saturated carbocycles. The molecule has 16 heavy (non-hydrogen) atoms. The number of benzene rings is 1. The molecule has 2 rings (SSSR count). The Kier molecular flexibility index (Phi) is 2.86. The lowest BCUT2D eigenvalue weighted by Gasteiger charge is -1.95. The van der Waals surface area contributed by atoms with E-state index >= 15 is 0 Å². The van der Waals surface area contributed by atoms with E-state index in [0.717, 1.165) is 11.3 Å². The third-order valence-electron chi connectivity index (χ3n) is 1.85. The van der Waals surface area contributed by atoms with E-state index in [4.69, 9.17) is 11.0 Å². The summed E-state index contributed by atoms with van der Waals surface area (Å²) in [6.45, 7) is 0. The molecule has 0 unspecified atom stereocenters. The molecular weight excluding hydrogens is 218 g/mol. The summed E-state index contributed by atoms with van der Waals surface area (Å²) < 4.78 is 0. The van der Waals surface area contributed by atoms with Crippen molar-refractivity contribution in [3.8, 4) is 17.9 Å². The summed E-state index contributed by atoms with van der Waals surface area (Å²) in [7, 11) is 0. The standard InChI is InChI=1S/C12H7N3S/c13-6-10-3-9(4-11(14)5-10)1-2-12-7-16-8-15-12/h3-5,7-8H,14H2. The quantitative estimate of drug-likeness (QED) is 0.551. The summed E-state index contributed by atoms with van der Waals surface area (Å²) in [6.07, 6.45) is 0. The highest BCUT2D eigenvalue weighted by Gasteiger charge is 1.95. The maximum atomic E-state index is 8.77. The zero-order valence-corrected chi connectivity index (χ0v) is 9.08. The summed E-state index contributed by atoms with van der Waals surface area (Å²) in [5.74, 6) is 5.83. The fraction of sp³-hybridized carbons (Fsp3) is 0. The van der Waals surface area contributed by atoms with Crippen molar-refractivity contribution in [2.45, 2.75) is 0 Å². The minimum Gasteiger partial charge on any atom is -0.399 e. The molecule has 4 heteroatoms. The van der Waals surface area contributed by atoms with Crippen LogP contribution in [0.2, 0.25) is 0 Å². The number of hydrogen-bond donors (Lipinski definition) is 1. The number of nitriles is 1. The highest BCUT2D eigenvalue weighted by molar-refractivity contribution is 7.07. The first kappa shape index (κ1) is 10.2. The number of nitrogens with two attached hydrogens (primary N) is 1. The molecule has 0 bridgehead atoms. The van der Waals surface area contributed by atoms with Gasteiger partial charge in [-0.2, -0.15) is 5.26 Å². The van der Waals surface area contributed by atoms with Gasteiger partial charge in [-0.15, -0.1) is 11.3 Å². The van der Waals surface area contributed by atoms with Gasteiger partial charge in [0.2, 0.25) is 0 Å². The van der Waals surface area contributed by atoms with Crippen LogP contribution in [-0.2, 0) is 0 Å².